The van der Waals surface area contributed by atoms with Crippen molar-refractivity contribution in [1.29, 1.82) is 0 Å². The molecule has 0 aromatic carbocycles. The smallest absolute Gasteiger partial charge is 0.0721 e. The van der Waals surface area contributed by atoms with Crippen molar-refractivity contribution in [1.82, 2.24) is 5.32 Å². The summed E-state index contributed by atoms with van der Waals surface area (Å²) in [5.41, 5.74) is 0. The normalized spacial score (nSPS) is 24.7. The first kappa shape index (κ1) is 11.0. The van der Waals surface area contributed by atoms with Crippen LogP contribution in [-0.4, -0.2) is 38.5 Å². The summed E-state index contributed by atoms with van der Waals surface area (Å²) in [5.74, 6) is 0. The van der Waals surface area contributed by atoms with Crippen molar-refractivity contribution in [2.75, 3.05) is 26.3 Å². The van der Waals surface area contributed by atoms with Crippen molar-refractivity contribution >= 4 is 0 Å². The molecule has 0 bridgehead atoms. The fourth-order valence-electron chi connectivity index (χ4n) is 1.39. The van der Waals surface area contributed by atoms with Crippen molar-refractivity contribution < 1.29 is 9.47 Å². The molecule has 1 aliphatic rings. The molecule has 78 valence electrons. The van der Waals surface area contributed by atoms with Gasteiger partial charge in [-0.3, -0.25) is 0 Å². The minimum Gasteiger partial charge on any atom is -0.379 e. The van der Waals surface area contributed by atoms with Gasteiger partial charge in [-0.25, -0.2) is 0 Å². The van der Waals surface area contributed by atoms with Gasteiger partial charge in [0.25, 0.3) is 0 Å². The molecule has 3 heteroatoms. The SMILES string of the molecule is CC(C)OCCC1CNCCCO1. The maximum absolute atomic E-state index is 5.64. The summed E-state index contributed by atoms with van der Waals surface area (Å²) in [6, 6.07) is 0. The second-order valence-electron chi connectivity index (χ2n) is 3.76. The molecule has 0 aliphatic carbocycles. The lowest BCUT2D eigenvalue weighted by Gasteiger charge is -2.15. The molecule has 1 saturated heterocycles. The minimum absolute atomic E-state index is 0.332. The molecule has 1 aliphatic heterocycles. The van der Waals surface area contributed by atoms with Gasteiger partial charge in [-0.2, -0.15) is 0 Å². The molecule has 0 amide bonds. The molecule has 0 radical (unpaired) electrons. The number of ether oxygens (including phenoxy) is 2. The number of rotatable bonds is 4. The molecule has 1 fully saturated rings. The third-order valence-electron chi connectivity index (χ3n) is 2.11. The van der Waals surface area contributed by atoms with Gasteiger partial charge in [0.15, 0.2) is 0 Å². The molecular weight excluding hydrogens is 166 g/mol. The molecule has 1 heterocycles. The highest BCUT2D eigenvalue weighted by atomic mass is 16.5. The van der Waals surface area contributed by atoms with Crippen LogP contribution < -0.4 is 5.32 Å². The van der Waals surface area contributed by atoms with Crippen LogP contribution in [0.2, 0.25) is 0 Å². The Bertz CT molecular complexity index is 120. The Morgan fingerprint density at radius 3 is 3.15 bits per heavy atom. The van der Waals surface area contributed by atoms with Crippen LogP contribution in [0.1, 0.15) is 26.7 Å². The zero-order valence-electron chi connectivity index (χ0n) is 8.71. The van der Waals surface area contributed by atoms with E-state index < -0.39 is 0 Å². The van der Waals surface area contributed by atoms with E-state index in [1.54, 1.807) is 0 Å². The first-order valence-electron chi connectivity index (χ1n) is 5.23. The third kappa shape index (κ3) is 5.24. The van der Waals surface area contributed by atoms with E-state index >= 15 is 0 Å². The van der Waals surface area contributed by atoms with E-state index in [2.05, 4.69) is 19.2 Å². The molecule has 3 nitrogen and oxygen atoms in total. The third-order valence-corrected chi connectivity index (χ3v) is 2.11. The standard InChI is InChI=1S/C10H21NO2/c1-9(2)12-7-4-10-8-11-5-3-6-13-10/h9-11H,3-8H2,1-2H3. The second-order valence-corrected chi connectivity index (χ2v) is 3.76. The fourth-order valence-corrected chi connectivity index (χ4v) is 1.39. The van der Waals surface area contributed by atoms with Crippen LogP contribution in [0, 0.1) is 0 Å². The predicted octanol–water partition coefficient (Wildman–Crippen LogP) is 1.18. The Hall–Kier alpha value is -0.120. The van der Waals surface area contributed by atoms with Gasteiger partial charge in [-0.1, -0.05) is 0 Å². The average Bonchev–Trinajstić information content (AvgIpc) is 2.32. The van der Waals surface area contributed by atoms with E-state index in [0.717, 1.165) is 39.1 Å². The Morgan fingerprint density at radius 1 is 1.54 bits per heavy atom. The number of hydrogen-bond donors (Lipinski definition) is 1. The van der Waals surface area contributed by atoms with Gasteiger partial charge in [0.05, 0.1) is 12.2 Å². The summed E-state index contributed by atoms with van der Waals surface area (Å²) in [5, 5.41) is 3.35. The van der Waals surface area contributed by atoms with E-state index in [4.69, 9.17) is 9.47 Å². The molecule has 1 atom stereocenters. The molecule has 0 spiro atoms. The Labute approximate surface area is 80.8 Å². The van der Waals surface area contributed by atoms with Gasteiger partial charge in [-0.05, 0) is 33.2 Å². The van der Waals surface area contributed by atoms with E-state index in [1.165, 1.54) is 0 Å². The monoisotopic (exact) mass is 187 g/mol. The molecule has 0 aromatic rings. The molecular formula is C10H21NO2. The fraction of sp³-hybridized carbons (Fsp3) is 1.00. The van der Waals surface area contributed by atoms with Gasteiger partial charge in [0.2, 0.25) is 0 Å². The van der Waals surface area contributed by atoms with Crippen LogP contribution in [0.4, 0.5) is 0 Å². The average molecular weight is 187 g/mol. The zero-order valence-corrected chi connectivity index (χ0v) is 8.71. The molecule has 0 saturated carbocycles. The first-order valence-corrected chi connectivity index (χ1v) is 5.23. The van der Waals surface area contributed by atoms with E-state index in [1.807, 2.05) is 0 Å². The molecule has 1 N–H and O–H groups in total. The summed E-state index contributed by atoms with van der Waals surface area (Å²) < 4.78 is 11.1. The Kier molecular flexibility index (Phi) is 5.35. The highest BCUT2D eigenvalue weighted by Crippen LogP contribution is 2.03. The lowest BCUT2D eigenvalue weighted by Crippen LogP contribution is -2.27. The van der Waals surface area contributed by atoms with Gasteiger partial charge in [0, 0.05) is 19.8 Å². The van der Waals surface area contributed by atoms with E-state index in [-0.39, 0.29) is 0 Å². The number of hydrogen-bond acceptors (Lipinski definition) is 3. The maximum Gasteiger partial charge on any atom is 0.0721 e. The second kappa shape index (κ2) is 6.35. The van der Waals surface area contributed by atoms with Crippen LogP contribution in [0.25, 0.3) is 0 Å². The van der Waals surface area contributed by atoms with Gasteiger partial charge < -0.3 is 14.8 Å². The molecule has 1 unspecified atom stereocenters. The summed E-state index contributed by atoms with van der Waals surface area (Å²) in [7, 11) is 0. The van der Waals surface area contributed by atoms with Crippen LogP contribution in [0.5, 0.6) is 0 Å². The Balaban J connectivity index is 2.05. The van der Waals surface area contributed by atoms with Crippen LogP contribution >= 0.6 is 0 Å². The van der Waals surface area contributed by atoms with Gasteiger partial charge in [0.1, 0.15) is 0 Å². The van der Waals surface area contributed by atoms with Crippen LogP contribution in [0.3, 0.4) is 0 Å². The van der Waals surface area contributed by atoms with Crippen molar-refractivity contribution in [3.63, 3.8) is 0 Å². The van der Waals surface area contributed by atoms with Crippen molar-refractivity contribution in [2.45, 2.75) is 38.9 Å². The molecule has 0 aromatic heterocycles. The minimum atomic E-state index is 0.332. The maximum atomic E-state index is 5.64. The molecule has 13 heavy (non-hydrogen) atoms. The van der Waals surface area contributed by atoms with Crippen molar-refractivity contribution in [3.05, 3.63) is 0 Å². The van der Waals surface area contributed by atoms with E-state index in [0.29, 0.717) is 12.2 Å². The van der Waals surface area contributed by atoms with E-state index in [9.17, 15) is 0 Å². The van der Waals surface area contributed by atoms with Crippen LogP contribution in [0.15, 0.2) is 0 Å². The van der Waals surface area contributed by atoms with Crippen LogP contribution in [-0.2, 0) is 9.47 Å². The number of nitrogens with one attached hydrogen (secondary N) is 1. The lowest BCUT2D eigenvalue weighted by atomic mass is 10.2. The quantitative estimate of drug-likeness (QED) is 0.717. The largest absolute Gasteiger partial charge is 0.379 e. The van der Waals surface area contributed by atoms with Gasteiger partial charge >= 0.3 is 0 Å². The predicted molar refractivity (Wildman–Crippen MR) is 52.9 cm³/mol. The highest BCUT2D eigenvalue weighted by molar-refractivity contribution is 4.65. The first-order chi connectivity index (χ1) is 6.29. The van der Waals surface area contributed by atoms with Gasteiger partial charge in [-0.15, -0.1) is 0 Å². The highest BCUT2D eigenvalue weighted by Gasteiger charge is 2.11. The molecule has 1 rings (SSSR count). The lowest BCUT2D eigenvalue weighted by molar-refractivity contribution is 0.0156. The topological polar surface area (TPSA) is 30.5 Å². The summed E-state index contributed by atoms with van der Waals surface area (Å²) in [6.07, 6.45) is 2.81. The van der Waals surface area contributed by atoms with Crippen molar-refractivity contribution in [3.8, 4) is 0 Å². The van der Waals surface area contributed by atoms with Crippen molar-refractivity contribution in [2.24, 2.45) is 0 Å². The Morgan fingerprint density at radius 2 is 2.38 bits per heavy atom. The summed E-state index contributed by atoms with van der Waals surface area (Å²) in [4.78, 5) is 0. The summed E-state index contributed by atoms with van der Waals surface area (Å²) >= 11 is 0. The summed E-state index contributed by atoms with van der Waals surface area (Å²) in [6.45, 7) is 7.88. The zero-order chi connectivity index (χ0) is 9.52.